The second-order valence-corrected chi connectivity index (χ2v) is 3.75. The smallest absolute Gasteiger partial charge is 0.190 e. The molecule has 2 rings (SSSR count). The molecule has 0 fully saturated rings. The van der Waals surface area contributed by atoms with Gasteiger partial charge < -0.3 is 4.55 Å². The molecule has 1 unspecified atom stereocenters. The van der Waals surface area contributed by atoms with Crippen molar-refractivity contribution in [2.75, 3.05) is 0 Å². The Bertz CT molecular complexity index is 510. The maximum absolute atomic E-state index is 13.2. The fraction of sp³-hybridized carbons (Fsp3) is 0. The Hall–Kier alpha value is -1.26. The molecule has 0 aliphatic carbocycles. The van der Waals surface area contributed by atoms with Gasteiger partial charge in [-0.1, -0.05) is 30.3 Å². The lowest BCUT2D eigenvalue weighted by molar-refractivity contribution is 0.547. The van der Waals surface area contributed by atoms with E-state index < -0.39 is 16.9 Å². The summed E-state index contributed by atoms with van der Waals surface area (Å²) in [4.78, 5) is -0.150. The molecule has 1 atom stereocenters. The highest BCUT2D eigenvalue weighted by atomic mass is 32.2. The quantitative estimate of drug-likeness (QED) is 0.734. The Labute approximate surface area is 82.7 Å². The van der Waals surface area contributed by atoms with E-state index in [1.54, 1.807) is 30.3 Å². The van der Waals surface area contributed by atoms with E-state index >= 15 is 0 Å². The summed E-state index contributed by atoms with van der Waals surface area (Å²) in [7, 11) is 0. The highest BCUT2D eigenvalue weighted by molar-refractivity contribution is 7.79. The first-order chi connectivity index (χ1) is 6.70. The molecule has 0 radical (unpaired) electrons. The fourth-order valence-corrected chi connectivity index (χ4v) is 2.00. The Balaban J connectivity index is 2.90. The molecule has 0 aliphatic heterocycles. The lowest BCUT2D eigenvalue weighted by Gasteiger charge is -2.03. The number of halogens is 1. The highest BCUT2D eigenvalue weighted by Crippen LogP contribution is 2.23. The first-order valence-corrected chi connectivity index (χ1v) is 5.09. The average molecular weight is 210 g/mol. The molecule has 2 aromatic carbocycles. The molecule has 72 valence electrons. The largest absolute Gasteiger partial charge is 0.302 e. The van der Waals surface area contributed by atoms with Crippen LogP contribution in [0, 0.1) is 5.82 Å². The molecule has 0 saturated heterocycles. The van der Waals surface area contributed by atoms with Crippen LogP contribution in [0.25, 0.3) is 10.8 Å². The summed E-state index contributed by atoms with van der Waals surface area (Å²) in [5.41, 5.74) is 0. The van der Waals surface area contributed by atoms with E-state index in [2.05, 4.69) is 0 Å². The Morgan fingerprint density at radius 3 is 2.57 bits per heavy atom. The van der Waals surface area contributed by atoms with Gasteiger partial charge in [-0.05, 0) is 11.5 Å². The molecule has 4 heteroatoms. The van der Waals surface area contributed by atoms with Crippen molar-refractivity contribution in [1.82, 2.24) is 0 Å². The van der Waals surface area contributed by atoms with Crippen molar-refractivity contribution >= 4 is 21.9 Å². The van der Waals surface area contributed by atoms with Gasteiger partial charge in [0.15, 0.2) is 11.1 Å². The molecule has 0 aliphatic rings. The third kappa shape index (κ3) is 1.42. The number of fused-ring (bicyclic) bond motifs is 1. The van der Waals surface area contributed by atoms with Crippen molar-refractivity contribution in [3.63, 3.8) is 0 Å². The molecule has 0 amide bonds. The van der Waals surface area contributed by atoms with Crippen LogP contribution in [-0.4, -0.2) is 8.76 Å². The molecule has 14 heavy (non-hydrogen) atoms. The first kappa shape index (κ1) is 9.30. The summed E-state index contributed by atoms with van der Waals surface area (Å²) in [5.74, 6) is -0.649. The lowest BCUT2D eigenvalue weighted by atomic mass is 10.1. The molecule has 0 heterocycles. The maximum Gasteiger partial charge on any atom is 0.190 e. The first-order valence-electron chi connectivity index (χ1n) is 3.98. The molecule has 2 aromatic rings. The van der Waals surface area contributed by atoms with Crippen molar-refractivity contribution in [2.45, 2.75) is 4.90 Å². The van der Waals surface area contributed by atoms with Crippen LogP contribution in [0.2, 0.25) is 0 Å². The Morgan fingerprint density at radius 1 is 1.14 bits per heavy atom. The number of benzene rings is 2. The third-order valence-electron chi connectivity index (χ3n) is 2.01. The second-order valence-electron chi connectivity index (χ2n) is 2.85. The monoisotopic (exact) mass is 210 g/mol. The zero-order valence-electron chi connectivity index (χ0n) is 7.11. The van der Waals surface area contributed by atoms with Gasteiger partial charge >= 0.3 is 0 Å². The summed E-state index contributed by atoms with van der Waals surface area (Å²) in [6.07, 6.45) is 0. The number of rotatable bonds is 1. The van der Waals surface area contributed by atoms with Gasteiger partial charge in [0.2, 0.25) is 0 Å². The zero-order valence-corrected chi connectivity index (χ0v) is 7.92. The SMILES string of the molecule is O=S(O)c1c(F)ccc2ccccc12. The van der Waals surface area contributed by atoms with Crippen molar-refractivity contribution in [1.29, 1.82) is 0 Å². The Morgan fingerprint density at radius 2 is 1.86 bits per heavy atom. The van der Waals surface area contributed by atoms with Crippen LogP contribution in [0.4, 0.5) is 4.39 Å². The third-order valence-corrected chi connectivity index (χ3v) is 2.77. The molecule has 0 saturated carbocycles. The van der Waals surface area contributed by atoms with Crippen LogP contribution < -0.4 is 0 Å². The summed E-state index contributed by atoms with van der Waals surface area (Å²) < 4.78 is 33.1. The van der Waals surface area contributed by atoms with E-state index in [1.165, 1.54) is 6.07 Å². The minimum Gasteiger partial charge on any atom is -0.302 e. The van der Waals surface area contributed by atoms with Crippen molar-refractivity contribution < 1.29 is 13.2 Å². The van der Waals surface area contributed by atoms with Crippen LogP contribution in [0.3, 0.4) is 0 Å². The average Bonchev–Trinajstić information content (AvgIpc) is 2.17. The highest BCUT2D eigenvalue weighted by Gasteiger charge is 2.11. The summed E-state index contributed by atoms with van der Waals surface area (Å²) in [5, 5.41) is 1.24. The standard InChI is InChI=1S/C10H7FO2S/c11-9-6-5-7-3-1-2-4-8(7)10(9)14(12)13/h1-6H,(H,12,13). The van der Waals surface area contributed by atoms with Crippen LogP contribution >= 0.6 is 0 Å². The van der Waals surface area contributed by atoms with Gasteiger partial charge in [-0.15, -0.1) is 0 Å². The van der Waals surface area contributed by atoms with E-state index in [0.717, 1.165) is 5.39 Å². The predicted octanol–water partition coefficient (Wildman–Crippen LogP) is 2.56. The topological polar surface area (TPSA) is 37.3 Å². The zero-order chi connectivity index (χ0) is 10.1. The predicted molar refractivity (Wildman–Crippen MR) is 52.9 cm³/mol. The minimum atomic E-state index is -2.29. The van der Waals surface area contributed by atoms with E-state index in [-0.39, 0.29) is 4.90 Å². The van der Waals surface area contributed by atoms with Gasteiger partial charge in [-0.2, -0.15) is 0 Å². The molecule has 0 aromatic heterocycles. The van der Waals surface area contributed by atoms with E-state index in [1.807, 2.05) is 0 Å². The van der Waals surface area contributed by atoms with Gasteiger partial charge in [-0.3, -0.25) is 0 Å². The number of hydrogen-bond acceptors (Lipinski definition) is 1. The molecule has 1 N–H and O–H groups in total. The normalized spacial score (nSPS) is 13.0. The van der Waals surface area contributed by atoms with E-state index in [0.29, 0.717) is 5.39 Å². The minimum absolute atomic E-state index is 0.150. The van der Waals surface area contributed by atoms with Gasteiger partial charge in [0.1, 0.15) is 10.7 Å². The van der Waals surface area contributed by atoms with Gasteiger partial charge in [0, 0.05) is 5.39 Å². The lowest BCUT2D eigenvalue weighted by Crippen LogP contribution is -1.94. The summed E-state index contributed by atoms with van der Waals surface area (Å²) in [6.45, 7) is 0. The van der Waals surface area contributed by atoms with Crippen LogP contribution in [0.15, 0.2) is 41.3 Å². The molecule has 2 nitrogen and oxygen atoms in total. The van der Waals surface area contributed by atoms with E-state index in [9.17, 15) is 8.60 Å². The maximum atomic E-state index is 13.2. The molecule has 0 bridgehead atoms. The van der Waals surface area contributed by atoms with Crippen molar-refractivity contribution in [2.24, 2.45) is 0 Å². The Kier molecular flexibility index (Phi) is 2.31. The van der Waals surface area contributed by atoms with Gasteiger partial charge in [0.05, 0.1) is 0 Å². The summed E-state index contributed by atoms with van der Waals surface area (Å²) >= 11 is -2.29. The molecule has 0 spiro atoms. The van der Waals surface area contributed by atoms with E-state index in [4.69, 9.17) is 4.55 Å². The molecular formula is C10H7FO2S. The van der Waals surface area contributed by atoms with Crippen molar-refractivity contribution in [3.8, 4) is 0 Å². The van der Waals surface area contributed by atoms with Gasteiger partial charge in [-0.25, -0.2) is 8.60 Å². The number of hydrogen-bond donors (Lipinski definition) is 1. The second kappa shape index (κ2) is 3.48. The van der Waals surface area contributed by atoms with Crippen molar-refractivity contribution in [3.05, 3.63) is 42.2 Å². The molecular weight excluding hydrogens is 203 g/mol. The summed E-state index contributed by atoms with van der Waals surface area (Å²) in [6, 6.07) is 9.68. The van der Waals surface area contributed by atoms with Crippen LogP contribution in [0.5, 0.6) is 0 Å². The van der Waals surface area contributed by atoms with Crippen LogP contribution in [-0.2, 0) is 11.1 Å². The fourth-order valence-electron chi connectivity index (χ4n) is 1.39. The van der Waals surface area contributed by atoms with Gasteiger partial charge in [0.25, 0.3) is 0 Å². The van der Waals surface area contributed by atoms with Crippen LogP contribution in [0.1, 0.15) is 0 Å².